The van der Waals surface area contributed by atoms with Gasteiger partial charge in [0.15, 0.2) is 5.65 Å². The van der Waals surface area contributed by atoms with Crippen LogP contribution in [0.15, 0.2) is 36.5 Å². The van der Waals surface area contributed by atoms with E-state index >= 15 is 0 Å². The minimum Gasteiger partial charge on any atom is -0.370 e. The van der Waals surface area contributed by atoms with E-state index in [1.54, 1.807) is 0 Å². The minimum absolute atomic E-state index is 0.715. The predicted octanol–water partition coefficient (Wildman–Crippen LogP) is 2.61. The second-order valence-corrected chi connectivity index (χ2v) is 4.67. The van der Waals surface area contributed by atoms with E-state index in [0.29, 0.717) is 6.54 Å². The Morgan fingerprint density at radius 1 is 1.15 bits per heavy atom. The van der Waals surface area contributed by atoms with Crippen LogP contribution in [0, 0.1) is 6.92 Å². The summed E-state index contributed by atoms with van der Waals surface area (Å²) < 4.78 is 1.92. The van der Waals surface area contributed by atoms with Crippen molar-refractivity contribution in [3.05, 3.63) is 47.9 Å². The summed E-state index contributed by atoms with van der Waals surface area (Å²) in [5, 5.41) is 8.68. The fraction of sp³-hybridized carbons (Fsp3) is 0.267. The SMILES string of the molecule is CCNc1nc(C)nc2c1cnn2Cc1ccccc1. The maximum atomic E-state index is 4.52. The summed E-state index contributed by atoms with van der Waals surface area (Å²) in [6, 6.07) is 10.3. The second kappa shape index (κ2) is 5.28. The van der Waals surface area contributed by atoms with Crippen molar-refractivity contribution in [2.24, 2.45) is 0 Å². The Morgan fingerprint density at radius 3 is 2.70 bits per heavy atom. The number of hydrogen-bond acceptors (Lipinski definition) is 4. The molecule has 102 valence electrons. The Morgan fingerprint density at radius 2 is 1.95 bits per heavy atom. The molecule has 2 heterocycles. The normalized spacial score (nSPS) is 10.9. The Labute approximate surface area is 117 Å². The summed E-state index contributed by atoms with van der Waals surface area (Å²) in [7, 11) is 0. The van der Waals surface area contributed by atoms with Crippen molar-refractivity contribution in [3.8, 4) is 0 Å². The number of aryl methyl sites for hydroxylation is 1. The molecule has 1 aromatic carbocycles. The van der Waals surface area contributed by atoms with E-state index in [1.807, 2.05) is 36.0 Å². The molecule has 1 N–H and O–H groups in total. The van der Waals surface area contributed by atoms with Crippen LogP contribution in [0.4, 0.5) is 5.82 Å². The number of benzene rings is 1. The Balaban J connectivity index is 2.04. The highest BCUT2D eigenvalue weighted by Gasteiger charge is 2.11. The van der Waals surface area contributed by atoms with Gasteiger partial charge in [-0.05, 0) is 19.4 Å². The zero-order chi connectivity index (χ0) is 13.9. The molecule has 0 spiro atoms. The Hall–Kier alpha value is -2.43. The zero-order valence-electron chi connectivity index (χ0n) is 11.7. The molecule has 0 aliphatic rings. The molecule has 20 heavy (non-hydrogen) atoms. The fourth-order valence-corrected chi connectivity index (χ4v) is 2.24. The van der Waals surface area contributed by atoms with Crippen LogP contribution in [0.5, 0.6) is 0 Å². The van der Waals surface area contributed by atoms with Crippen molar-refractivity contribution < 1.29 is 0 Å². The third-order valence-corrected chi connectivity index (χ3v) is 3.13. The molecule has 0 amide bonds. The smallest absolute Gasteiger partial charge is 0.163 e. The first-order valence-electron chi connectivity index (χ1n) is 6.76. The lowest BCUT2D eigenvalue weighted by atomic mass is 10.2. The van der Waals surface area contributed by atoms with E-state index in [2.05, 4.69) is 39.4 Å². The quantitative estimate of drug-likeness (QED) is 0.789. The Kier molecular flexibility index (Phi) is 3.33. The van der Waals surface area contributed by atoms with Gasteiger partial charge >= 0.3 is 0 Å². The summed E-state index contributed by atoms with van der Waals surface area (Å²) in [5.74, 6) is 1.61. The van der Waals surface area contributed by atoms with Crippen LogP contribution in [0.2, 0.25) is 0 Å². The van der Waals surface area contributed by atoms with Crippen LogP contribution in [-0.2, 0) is 6.54 Å². The zero-order valence-corrected chi connectivity index (χ0v) is 11.7. The van der Waals surface area contributed by atoms with Crippen molar-refractivity contribution in [3.63, 3.8) is 0 Å². The average molecular weight is 267 g/mol. The molecule has 0 aliphatic heterocycles. The van der Waals surface area contributed by atoms with E-state index in [9.17, 15) is 0 Å². The first-order chi connectivity index (χ1) is 9.78. The molecule has 0 atom stereocenters. The molecule has 0 bridgehead atoms. The van der Waals surface area contributed by atoms with E-state index in [4.69, 9.17) is 0 Å². The van der Waals surface area contributed by atoms with Crippen LogP contribution < -0.4 is 5.32 Å². The number of fused-ring (bicyclic) bond motifs is 1. The maximum absolute atomic E-state index is 4.52. The van der Waals surface area contributed by atoms with Gasteiger partial charge < -0.3 is 5.32 Å². The standard InChI is InChI=1S/C15H17N5/c1-3-16-14-13-9-17-20(15(13)19-11(2)18-14)10-12-7-5-4-6-8-12/h4-9H,3,10H2,1-2H3,(H,16,18,19). The van der Waals surface area contributed by atoms with Gasteiger partial charge in [0.2, 0.25) is 0 Å². The van der Waals surface area contributed by atoms with Gasteiger partial charge in [0.1, 0.15) is 11.6 Å². The number of rotatable bonds is 4. The summed E-state index contributed by atoms with van der Waals surface area (Å²) in [5.41, 5.74) is 2.08. The van der Waals surface area contributed by atoms with Crippen molar-refractivity contribution >= 4 is 16.9 Å². The molecule has 0 aliphatic carbocycles. The van der Waals surface area contributed by atoms with Crippen LogP contribution in [0.1, 0.15) is 18.3 Å². The number of nitrogens with one attached hydrogen (secondary N) is 1. The highest BCUT2D eigenvalue weighted by molar-refractivity contribution is 5.86. The van der Waals surface area contributed by atoms with Crippen LogP contribution in [-0.4, -0.2) is 26.3 Å². The molecule has 0 saturated heterocycles. The van der Waals surface area contributed by atoms with Gasteiger partial charge in [0.05, 0.1) is 18.1 Å². The lowest BCUT2D eigenvalue weighted by Crippen LogP contribution is -2.06. The molecule has 0 saturated carbocycles. The topological polar surface area (TPSA) is 55.6 Å². The van der Waals surface area contributed by atoms with E-state index in [1.165, 1.54) is 5.56 Å². The molecular formula is C15H17N5. The van der Waals surface area contributed by atoms with E-state index < -0.39 is 0 Å². The van der Waals surface area contributed by atoms with Gasteiger partial charge in [-0.15, -0.1) is 0 Å². The third-order valence-electron chi connectivity index (χ3n) is 3.13. The summed E-state index contributed by atoms with van der Waals surface area (Å²) in [6.07, 6.45) is 1.83. The van der Waals surface area contributed by atoms with Crippen LogP contribution in [0.3, 0.4) is 0 Å². The lowest BCUT2D eigenvalue weighted by molar-refractivity contribution is 0.702. The van der Waals surface area contributed by atoms with Gasteiger partial charge in [0.25, 0.3) is 0 Å². The minimum atomic E-state index is 0.715. The monoisotopic (exact) mass is 267 g/mol. The predicted molar refractivity (Wildman–Crippen MR) is 79.8 cm³/mol. The molecule has 2 aromatic heterocycles. The van der Waals surface area contributed by atoms with Gasteiger partial charge in [-0.1, -0.05) is 30.3 Å². The largest absolute Gasteiger partial charge is 0.370 e. The molecule has 5 heteroatoms. The van der Waals surface area contributed by atoms with Crippen molar-refractivity contribution in [1.29, 1.82) is 0 Å². The maximum Gasteiger partial charge on any atom is 0.163 e. The third kappa shape index (κ3) is 2.34. The molecular weight excluding hydrogens is 250 g/mol. The van der Waals surface area contributed by atoms with Gasteiger partial charge in [-0.2, -0.15) is 5.10 Å². The van der Waals surface area contributed by atoms with E-state index in [0.717, 1.165) is 29.2 Å². The van der Waals surface area contributed by atoms with Gasteiger partial charge in [0, 0.05) is 6.54 Å². The highest BCUT2D eigenvalue weighted by atomic mass is 15.3. The molecule has 0 radical (unpaired) electrons. The Bertz CT molecular complexity index is 718. The summed E-state index contributed by atoms with van der Waals surface area (Å²) in [4.78, 5) is 8.96. The molecule has 0 unspecified atom stereocenters. The van der Waals surface area contributed by atoms with Gasteiger partial charge in [-0.25, -0.2) is 14.6 Å². The molecule has 3 rings (SSSR count). The second-order valence-electron chi connectivity index (χ2n) is 4.67. The lowest BCUT2D eigenvalue weighted by Gasteiger charge is -2.06. The summed E-state index contributed by atoms with van der Waals surface area (Å²) in [6.45, 7) is 5.50. The fourth-order valence-electron chi connectivity index (χ4n) is 2.24. The number of anilines is 1. The van der Waals surface area contributed by atoms with Crippen molar-refractivity contribution in [2.45, 2.75) is 20.4 Å². The van der Waals surface area contributed by atoms with Crippen molar-refractivity contribution in [2.75, 3.05) is 11.9 Å². The van der Waals surface area contributed by atoms with Crippen molar-refractivity contribution in [1.82, 2.24) is 19.7 Å². The van der Waals surface area contributed by atoms with E-state index in [-0.39, 0.29) is 0 Å². The van der Waals surface area contributed by atoms with Crippen LogP contribution in [0.25, 0.3) is 11.0 Å². The molecule has 0 fully saturated rings. The number of hydrogen-bond donors (Lipinski definition) is 1. The average Bonchev–Trinajstić information content (AvgIpc) is 2.83. The van der Waals surface area contributed by atoms with Gasteiger partial charge in [-0.3, -0.25) is 0 Å². The summed E-state index contributed by atoms with van der Waals surface area (Å²) >= 11 is 0. The number of aromatic nitrogens is 4. The highest BCUT2D eigenvalue weighted by Crippen LogP contribution is 2.20. The number of nitrogens with zero attached hydrogens (tertiary/aromatic N) is 4. The van der Waals surface area contributed by atoms with Crippen LogP contribution >= 0.6 is 0 Å². The molecule has 3 aromatic rings. The molecule has 5 nitrogen and oxygen atoms in total. The first kappa shape index (κ1) is 12.6. The first-order valence-corrected chi connectivity index (χ1v) is 6.76.